The average molecular weight is 323 g/mol. The number of halogens is 3. The Labute approximate surface area is 112 Å². The van der Waals surface area contributed by atoms with E-state index < -0.39 is 0 Å². The van der Waals surface area contributed by atoms with Crippen molar-refractivity contribution in [1.82, 2.24) is 5.32 Å². The molecule has 2 rings (SSSR count). The van der Waals surface area contributed by atoms with Gasteiger partial charge in [-0.1, -0.05) is 39.1 Å². The van der Waals surface area contributed by atoms with Gasteiger partial charge in [-0.3, -0.25) is 4.79 Å². The number of carbonyl (C=O) groups excluding carboxylic acids is 1. The van der Waals surface area contributed by atoms with Crippen molar-refractivity contribution < 1.29 is 4.79 Å². The molecule has 1 fully saturated rings. The lowest BCUT2D eigenvalue weighted by molar-refractivity contribution is 0.0936. The van der Waals surface area contributed by atoms with E-state index in [4.69, 9.17) is 23.2 Å². The highest BCUT2D eigenvalue weighted by Gasteiger charge is 2.42. The van der Waals surface area contributed by atoms with Gasteiger partial charge in [0.1, 0.15) is 0 Å². The lowest BCUT2D eigenvalue weighted by Crippen LogP contribution is -2.38. The van der Waals surface area contributed by atoms with E-state index in [2.05, 4.69) is 21.2 Å². The molecule has 1 amide bonds. The lowest BCUT2D eigenvalue weighted by atomic mass is 10.2. The monoisotopic (exact) mass is 321 g/mol. The summed E-state index contributed by atoms with van der Waals surface area (Å²) in [5, 5.41) is 4.64. The Morgan fingerprint density at radius 1 is 1.38 bits per heavy atom. The molecule has 1 N–H and O–H groups in total. The number of rotatable bonds is 3. The third-order valence-electron chi connectivity index (χ3n) is 2.67. The van der Waals surface area contributed by atoms with Gasteiger partial charge in [0.15, 0.2) is 0 Å². The molecule has 0 aromatic heterocycles. The molecule has 0 bridgehead atoms. The molecule has 1 saturated carbocycles. The molecule has 1 aromatic carbocycles. The van der Waals surface area contributed by atoms with Gasteiger partial charge < -0.3 is 5.32 Å². The fourth-order valence-electron chi connectivity index (χ4n) is 1.39. The van der Waals surface area contributed by atoms with Gasteiger partial charge in [0.25, 0.3) is 5.91 Å². The molecule has 0 aliphatic heterocycles. The number of nitrogens with one attached hydrogen (secondary N) is 1. The van der Waals surface area contributed by atoms with Crippen molar-refractivity contribution in [3.63, 3.8) is 0 Å². The molecule has 5 heteroatoms. The zero-order chi connectivity index (χ0) is 11.8. The summed E-state index contributed by atoms with van der Waals surface area (Å²) in [4.78, 5) is 11.9. The minimum absolute atomic E-state index is 0.0524. The molecule has 16 heavy (non-hydrogen) atoms. The molecular weight excluding hydrogens is 313 g/mol. The van der Waals surface area contributed by atoms with Gasteiger partial charge in [-0.15, -0.1) is 0 Å². The van der Waals surface area contributed by atoms with Crippen LogP contribution in [0.25, 0.3) is 0 Å². The van der Waals surface area contributed by atoms with E-state index in [0.717, 1.165) is 18.2 Å². The second-order valence-electron chi connectivity index (χ2n) is 4.00. The minimum Gasteiger partial charge on any atom is -0.346 e. The fourth-order valence-corrected chi connectivity index (χ4v) is 2.39. The van der Waals surface area contributed by atoms with E-state index in [1.165, 1.54) is 0 Å². The fraction of sp³-hybridized carbons (Fsp3) is 0.364. The second-order valence-corrected chi connectivity index (χ2v) is 5.37. The molecule has 0 radical (unpaired) electrons. The Hall–Kier alpha value is -0.250. The van der Waals surface area contributed by atoms with Crippen molar-refractivity contribution in [2.75, 3.05) is 5.33 Å². The van der Waals surface area contributed by atoms with E-state index in [1.807, 2.05) is 0 Å². The Bertz CT molecular complexity index is 432. The highest BCUT2D eigenvalue weighted by atomic mass is 79.9. The molecule has 0 heterocycles. The van der Waals surface area contributed by atoms with Crippen LogP contribution in [0.15, 0.2) is 18.2 Å². The van der Waals surface area contributed by atoms with Gasteiger partial charge in [-0.05, 0) is 31.0 Å². The maximum Gasteiger partial charge on any atom is 0.251 e. The zero-order valence-corrected chi connectivity index (χ0v) is 11.5. The first-order chi connectivity index (χ1) is 7.56. The number of benzene rings is 1. The number of carbonyl (C=O) groups is 1. The topological polar surface area (TPSA) is 29.1 Å². The van der Waals surface area contributed by atoms with Crippen LogP contribution in [0.4, 0.5) is 0 Å². The Morgan fingerprint density at radius 3 is 2.56 bits per heavy atom. The first kappa shape index (κ1) is 12.2. The summed E-state index contributed by atoms with van der Waals surface area (Å²) < 4.78 is 0. The minimum atomic E-state index is -0.101. The van der Waals surface area contributed by atoms with Gasteiger partial charge in [-0.2, -0.15) is 0 Å². The predicted octanol–water partition coefficient (Wildman–Crippen LogP) is 3.65. The lowest BCUT2D eigenvalue weighted by Gasteiger charge is -2.14. The molecule has 0 unspecified atom stereocenters. The summed E-state index contributed by atoms with van der Waals surface area (Å²) in [5.41, 5.74) is 0.491. The summed E-state index contributed by atoms with van der Waals surface area (Å²) in [6.45, 7) is 0. The number of alkyl halides is 1. The molecular formula is C11H10BrCl2NO. The highest BCUT2D eigenvalue weighted by Crippen LogP contribution is 2.37. The normalized spacial score (nSPS) is 16.9. The van der Waals surface area contributed by atoms with Crippen molar-refractivity contribution in [2.45, 2.75) is 18.4 Å². The van der Waals surface area contributed by atoms with Crippen LogP contribution in [-0.2, 0) is 0 Å². The van der Waals surface area contributed by atoms with Crippen molar-refractivity contribution >= 4 is 45.0 Å². The Balaban J connectivity index is 2.12. The van der Waals surface area contributed by atoms with Crippen LogP contribution in [0.2, 0.25) is 10.0 Å². The second kappa shape index (κ2) is 4.55. The van der Waals surface area contributed by atoms with Crippen molar-refractivity contribution in [2.24, 2.45) is 0 Å². The quantitative estimate of drug-likeness (QED) is 0.846. The largest absolute Gasteiger partial charge is 0.346 e. The Morgan fingerprint density at radius 2 is 2.06 bits per heavy atom. The van der Waals surface area contributed by atoms with Crippen LogP contribution in [0.3, 0.4) is 0 Å². The standard InChI is InChI=1S/C11H10BrCl2NO/c12-6-11(3-4-11)15-10(16)7-1-2-8(13)9(14)5-7/h1-2,5H,3-4,6H2,(H,15,16). The summed E-state index contributed by atoms with van der Waals surface area (Å²) in [6, 6.07) is 4.89. The SMILES string of the molecule is O=C(NC1(CBr)CC1)c1ccc(Cl)c(Cl)c1. The van der Waals surface area contributed by atoms with Gasteiger partial charge in [0.2, 0.25) is 0 Å². The van der Waals surface area contributed by atoms with Crippen molar-refractivity contribution in [3.8, 4) is 0 Å². The number of hydrogen-bond acceptors (Lipinski definition) is 1. The van der Waals surface area contributed by atoms with Crippen LogP contribution < -0.4 is 5.32 Å². The maximum atomic E-state index is 11.9. The maximum absolute atomic E-state index is 11.9. The molecule has 0 spiro atoms. The van der Waals surface area contributed by atoms with E-state index in [-0.39, 0.29) is 11.4 Å². The van der Waals surface area contributed by atoms with E-state index in [1.54, 1.807) is 18.2 Å². The summed E-state index contributed by atoms with van der Waals surface area (Å²) >= 11 is 15.0. The van der Waals surface area contributed by atoms with Crippen LogP contribution in [0.1, 0.15) is 23.2 Å². The smallest absolute Gasteiger partial charge is 0.251 e. The third-order valence-corrected chi connectivity index (χ3v) is 4.48. The first-order valence-electron chi connectivity index (χ1n) is 4.90. The molecule has 1 aliphatic carbocycles. The van der Waals surface area contributed by atoms with Gasteiger partial charge in [0.05, 0.1) is 15.6 Å². The zero-order valence-electron chi connectivity index (χ0n) is 8.40. The third kappa shape index (κ3) is 2.53. The van der Waals surface area contributed by atoms with E-state index >= 15 is 0 Å². The first-order valence-corrected chi connectivity index (χ1v) is 6.78. The molecule has 0 atom stereocenters. The summed E-state index contributed by atoms with van der Waals surface area (Å²) in [7, 11) is 0. The van der Waals surface area contributed by atoms with Crippen LogP contribution >= 0.6 is 39.1 Å². The van der Waals surface area contributed by atoms with Crippen molar-refractivity contribution in [3.05, 3.63) is 33.8 Å². The molecule has 1 aromatic rings. The van der Waals surface area contributed by atoms with Gasteiger partial charge in [0, 0.05) is 10.9 Å². The van der Waals surface area contributed by atoms with E-state index in [9.17, 15) is 4.79 Å². The summed E-state index contributed by atoms with van der Waals surface area (Å²) in [6.07, 6.45) is 2.04. The van der Waals surface area contributed by atoms with Crippen LogP contribution in [0, 0.1) is 0 Å². The Kier molecular flexibility index (Phi) is 3.48. The average Bonchev–Trinajstić information content (AvgIpc) is 3.02. The van der Waals surface area contributed by atoms with Crippen LogP contribution in [-0.4, -0.2) is 16.8 Å². The predicted molar refractivity (Wildman–Crippen MR) is 69.7 cm³/mol. The highest BCUT2D eigenvalue weighted by molar-refractivity contribution is 9.09. The van der Waals surface area contributed by atoms with Gasteiger partial charge in [-0.25, -0.2) is 0 Å². The molecule has 2 nitrogen and oxygen atoms in total. The molecule has 0 saturated heterocycles. The van der Waals surface area contributed by atoms with Crippen molar-refractivity contribution in [1.29, 1.82) is 0 Å². The molecule has 86 valence electrons. The van der Waals surface area contributed by atoms with Crippen LogP contribution in [0.5, 0.6) is 0 Å². The number of amides is 1. The number of hydrogen-bond donors (Lipinski definition) is 1. The summed E-state index contributed by atoms with van der Waals surface area (Å²) in [5.74, 6) is -0.101. The van der Waals surface area contributed by atoms with E-state index in [0.29, 0.717) is 15.6 Å². The van der Waals surface area contributed by atoms with Gasteiger partial charge >= 0.3 is 0 Å². The molecule has 1 aliphatic rings.